The molecule has 1 aromatic carbocycles. The topological polar surface area (TPSA) is 99.1 Å². The van der Waals surface area contributed by atoms with Crippen molar-refractivity contribution in [3.05, 3.63) is 34.5 Å². The van der Waals surface area contributed by atoms with Crippen molar-refractivity contribution in [2.45, 2.75) is 12.7 Å². The molecule has 0 radical (unpaired) electrons. The fraction of sp³-hybridized carbons (Fsp3) is 0.222. The zero-order chi connectivity index (χ0) is 14.0. The molecule has 0 saturated carbocycles. The molecule has 0 aliphatic carbocycles. The van der Waals surface area contributed by atoms with Gasteiger partial charge in [-0.15, -0.1) is 10.0 Å². The summed E-state index contributed by atoms with van der Waals surface area (Å²) in [6, 6.07) is 3.79. The van der Waals surface area contributed by atoms with Crippen LogP contribution in [0.2, 0.25) is 0 Å². The Morgan fingerprint density at radius 2 is 2.11 bits per heavy atom. The van der Waals surface area contributed by atoms with Crippen LogP contribution in [-0.2, 0) is 12.7 Å². The van der Waals surface area contributed by atoms with Crippen LogP contribution in [-0.4, -0.2) is 20.2 Å². The number of alkyl halides is 3. The number of nitrogens with zero attached hydrogens (tertiary/aromatic N) is 5. The van der Waals surface area contributed by atoms with Crippen molar-refractivity contribution in [2.24, 2.45) is 10.9 Å². The summed E-state index contributed by atoms with van der Waals surface area (Å²) in [6.45, 7) is -0.0433. The summed E-state index contributed by atoms with van der Waals surface area (Å²) in [4.78, 5) is 10.5. The maximum atomic E-state index is 12.6. The minimum Gasteiger partial charge on any atom is -0.326 e. The Morgan fingerprint density at radius 1 is 1.37 bits per heavy atom. The molecule has 0 unspecified atom stereocenters. The number of halogens is 3. The summed E-state index contributed by atoms with van der Waals surface area (Å²) >= 11 is 0. The smallest absolute Gasteiger partial charge is 0.326 e. The molecule has 0 bridgehead atoms. The highest BCUT2D eigenvalue weighted by atomic mass is 19.4. The molecule has 0 amide bonds. The maximum absolute atomic E-state index is 12.6. The third-order valence-electron chi connectivity index (χ3n) is 2.35. The molecule has 0 saturated heterocycles. The largest absolute Gasteiger partial charge is 0.453 e. The highest BCUT2D eigenvalue weighted by molar-refractivity contribution is 5.51. The van der Waals surface area contributed by atoms with Gasteiger partial charge < -0.3 is 5.73 Å². The second-order valence-corrected chi connectivity index (χ2v) is 3.52. The Morgan fingerprint density at radius 3 is 2.68 bits per heavy atom. The van der Waals surface area contributed by atoms with Crippen LogP contribution in [0, 0.1) is 4.91 Å². The summed E-state index contributed by atoms with van der Waals surface area (Å²) in [7, 11) is 0. The van der Waals surface area contributed by atoms with Crippen LogP contribution < -0.4 is 5.73 Å². The first-order chi connectivity index (χ1) is 8.97. The van der Waals surface area contributed by atoms with Crippen molar-refractivity contribution in [1.29, 1.82) is 0 Å². The van der Waals surface area contributed by atoms with E-state index in [-0.39, 0.29) is 17.9 Å². The fourth-order valence-electron chi connectivity index (χ4n) is 1.49. The number of nitroso groups, excluding NO2 is 1. The summed E-state index contributed by atoms with van der Waals surface area (Å²) in [6.07, 6.45) is -4.69. The van der Waals surface area contributed by atoms with E-state index in [0.717, 1.165) is 0 Å². The van der Waals surface area contributed by atoms with E-state index in [4.69, 9.17) is 5.73 Å². The standard InChI is InChI=1S/C9H7F3N6O/c10-9(11,12)8-14-16-17-18(8)6-1-2-7(15-19)5(3-6)4-13/h1-3H,4,13H2. The molecule has 2 rings (SSSR count). The van der Waals surface area contributed by atoms with Crippen molar-refractivity contribution in [2.75, 3.05) is 0 Å². The summed E-state index contributed by atoms with van der Waals surface area (Å²) in [5, 5.41) is 11.9. The lowest BCUT2D eigenvalue weighted by molar-refractivity contribution is -0.146. The van der Waals surface area contributed by atoms with Crippen molar-refractivity contribution in [3.63, 3.8) is 0 Å². The molecular weight excluding hydrogens is 265 g/mol. The molecule has 2 aromatic rings. The number of rotatable bonds is 3. The molecule has 0 fully saturated rings. The molecular formula is C9H7F3N6O. The highest BCUT2D eigenvalue weighted by Crippen LogP contribution is 2.29. The van der Waals surface area contributed by atoms with Crippen LogP contribution >= 0.6 is 0 Å². The Labute approximate surface area is 104 Å². The Balaban J connectivity index is 2.54. The van der Waals surface area contributed by atoms with E-state index >= 15 is 0 Å². The van der Waals surface area contributed by atoms with E-state index < -0.39 is 12.0 Å². The zero-order valence-electron chi connectivity index (χ0n) is 9.29. The predicted octanol–water partition coefficient (Wildman–Crippen LogP) is 1.54. The van der Waals surface area contributed by atoms with E-state index in [1.54, 1.807) is 0 Å². The molecule has 100 valence electrons. The van der Waals surface area contributed by atoms with Gasteiger partial charge in [0.2, 0.25) is 0 Å². The minimum atomic E-state index is -4.69. The number of hydrogen-bond acceptors (Lipinski definition) is 6. The Bertz CT molecular complexity index is 608. The molecule has 10 heteroatoms. The van der Waals surface area contributed by atoms with Crippen molar-refractivity contribution >= 4 is 5.69 Å². The number of aromatic nitrogens is 4. The lowest BCUT2D eigenvalue weighted by Crippen LogP contribution is -2.15. The van der Waals surface area contributed by atoms with E-state index in [1.165, 1.54) is 18.2 Å². The first-order valence-corrected chi connectivity index (χ1v) is 4.99. The summed E-state index contributed by atoms with van der Waals surface area (Å²) in [5.41, 5.74) is 5.80. The Hall–Kier alpha value is -2.36. The van der Waals surface area contributed by atoms with Crippen LogP contribution in [0.4, 0.5) is 18.9 Å². The molecule has 2 N–H and O–H groups in total. The van der Waals surface area contributed by atoms with Crippen LogP contribution in [0.3, 0.4) is 0 Å². The van der Waals surface area contributed by atoms with Crippen molar-refractivity contribution < 1.29 is 13.2 Å². The number of benzene rings is 1. The second kappa shape index (κ2) is 4.72. The first kappa shape index (κ1) is 13.1. The Kier molecular flexibility index (Phi) is 3.25. The lowest BCUT2D eigenvalue weighted by atomic mass is 10.1. The molecule has 1 heterocycles. The molecule has 0 spiro atoms. The monoisotopic (exact) mass is 272 g/mol. The van der Waals surface area contributed by atoms with E-state index in [2.05, 4.69) is 20.7 Å². The van der Waals surface area contributed by atoms with Gasteiger partial charge >= 0.3 is 6.18 Å². The average Bonchev–Trinajstić information content (AvgIpc) is 2.87. The maximum Gasteiger partial charge on any atom is 0.453 e. The van der Waals surface area contributed by atoms with Crippen LogP contribution in [0.25, 0.3) is 5.69 Å². The third-order valence-corrected chi connectivity index (χ3v) is 2.35. The first-order valence-electron chi connectivity index (χ1n) is 4.99. The van der Waals surface area contributed by atoms with Crippen LogP contribution in [0.15, 0.2) is 23.4 Å². The average molecular weight is 272 g/mol. The predicted molar refractivity (Wildman–Crippen MR) is 57.5 cm³/mol. The molecule has 7 nitrogen and oxygen atoms in total. The van der Waals surface area contributed by atoms with Gasteiger partial charge in [-0.05, 0) is 39.4 Å². The van der Waals surface area contributed by atoms with Crippen molar-refractivity contribution in [1.82, 2.24) is 20.2 Å². The van der Waals surface area contributed by atoms with Gasteiger partial charge in [0, 0.05) is 6.54 Å². The van der Waals surface area contributed by atoms with E-state index in [9.17, 15) is 18.1 Å². The van der Waals surface area contributed by atoms with Crippen molar-refractivity contribution in [3.8, 4) is 5.69 Å². The molecule has 0 aliphatic rings. The van der Waals surface area contributed by atoms with Gasteiger partial charge in [-0.3, -0.25) is 0 Å². The number of tetrazole rings is 1. The van der Waals surface area contributed by atoms with Gasteiger partial charge in [0.15, 0.2) is 0 Å². The van der Waals surface area contributed by atoms with Gasteiger partial charge in [-0.1, -0.05) is 0 Å². The molecule has 1 aromatic heterocycles. The lowest BCUT2D eigenvalue weighted by Gasteiger charge is -2.08. The van der Waals surface area contributed by atoms with E-state index in [1.807, 2.05) is 0 Å². The van der Waals surface area contributed by atoms with Gasteiger partial charge in [-0.25, -0.2) is 0 Å². The molecule has 19 heavy (non-hydrogen) atoms. The normalized spacial score (nSPS) is 11.6. The second-order valence-electron chi connectivity index (χ2n) is 3.52. The van der Waals surface area contributed by atoms with Crippen LogP contribution in [0.1, 0.15) is 11.4 Å². The van der Waals surface area contributed by atoms with Crippen LogP contribution in [0.5, 0.6) is 0 Å². The highest BCUT2D eigenvalue weighted by Gasteiger charge is 2.38. The van der Waals surface area contributed by atoms with Gasteiger partial charge in [0.25, 0.3) is 5.82 Å². The molecule has 0 atom stereocenters. The fourth-order valence-corrected chi connectivity index (χ4v) is 1.49. The zero-order valence-corrected chi connectivity index (χ0v) is 9.29. The van der Waals surface area contributed by atoms with Gasteiger partial charge in [0.1, 0.15) is 5.69 Å². The number of hydrogen-bond donors (Lipinski definition) is 1. The number of nitrogens with two attached hydrogens (primary N) is 1. The van der Waals surface area contributed by atoms with E-state index in [0.29, 0.717) is 10.2 Å². The van der Waals surface area contributed by atoms with Gasteiger partial charge in [-0.2, -0.15) is 17.9 Å². The van der Waals surface area contributed by atoms with Gasteiger partial charge in [0.05, 0.1) is 5.69 Å². The SMILES string of the molecule is NCc1cc(-n2nnnc2C(F)(F)F)ccc1N=O. The molecule has 0 aliphatic heterocycles. The quantitative estimate of drug-likeness (QED) is 0.854. The third kappa shape index (κ3) is 2.42. The minimum absolute atomic E-state index is 0.0433. The summed E-state index contributed by atoms with van der Waals surface area (Å²) in [5.74, 6) is -1.26. The summed E-state index contributed by atoms with van der Waals surface area (Å²) < 4.78 is 38.4.